The van der Waals surface area contributed by atoms with Crippen LogP contribution in [0, 0.1) is 0 Å². The number of rotatable bonds is 6. The molecule has 2 aromatic carbocycles. The molecule has 0 aliphatic heterocycles. The number of benzene rings is 2. The van der Waals surface area contributed by atoms with Crippen molar-refractivity contribution in [2.45, 2.75) is 45.7 Å². The van der Waals surface area contributed by atoms with Gasteiger partial charge in [0.2, 0.25) is 0 Å². The first-order valence-corrected chi connectivity index (χ1v) is 7.64. The number of nitrogens with one attached hydrogen (secondary N) is 1. The van der Waals surface area contributed by atoms with E-state index in [1.54, 1.807) is 0 Å². The SMILES string of the molecule is CCc1ccc(C(CC)N[C@H](C)c2ccccc2)cc1. The highest BCUT2D eigenvalue weighted by Gasteiger charge is 2.13. The van der Waals surface area contributed by atoms with Crippen LogP contribution in [-0.2, 0) is 6.42 Å². The highest BCUT2D eigenvalue weighted by atomic mass is 14.9. The Labute approximate surface area is 123 Å². The van der Waals surface area contributed by atoms with Gasteiger partial charge >= 0.3 is 0 Å². The largest absolute Gasteiger partial charge is 0.303 e. The zero-order valence-corrected chi connectivity index (χ0v) is 12.8. The Hall–Kier alpha value is -1.60. The molecule has 0 amide bonds. The van der Waals surface area contributed by atoms with Gasteiger partial charge in [0.15, 0.2) is 0 Å². The minimum Gasteiger partial charge on any atom is -0.303 e. The van der Waals surface area contributed by atoms with Gasteiger partial charge in [-0.25, -0.2) is 0 Å². The maximum atomic E-state index is 3.74. The third-order valence-electron chi connectivity index (χ3n) is 3.95. The lowest BCUT2D eigenvalue weighted by atomic mass is 9.99. The fourth-order valence-corrected chi connectivity index (χ4v) is 2.58. The molecular weight excluding hydrogens is 242 g/mol. The van der Waals surface area contributed by atoms with Crippen LogP contribution in [0.4, 0.5) is 0 Å². The molecule has 1 N–H and O–H groups in total. The van der Waals surface area contributed by atoms with Gasteiger partial charge in [0.1, 0.15) is 0 Å². The molecule has 2 aromatic rings. The Morgan fingerprint density at radius 3 is 2.05 bits per heavy atom. The summed E-state index contributed by atoms with van der Waals surface area (Å²) in [5.41, 5.74) is 4.13. The summed E-state index contributed by atoms with van der Waals surface area (Å²) in [6.07, 6.45) is 2.20. The van der Waals surface area contributed by atoms with Crippen molar-refractivity contribution in [3.63, 3.8) is 0 Å². The maximum absolute atomic E-state index is 3.74. The Bertz CT molecular complexity index is 501. The molecule has 0 aliphatic carbocycles. The minimum absolute atomic E-state index is 0.368. The molecule has 0 fully saturated rings. The van der Waals surface area contributed by atoms with Crippen molar-refractivity contribution in [2.75, 3.05) is 0 Å². The smallest absolute Gasteiger partial charge is 0.0323 e. The number of hydrogen-bond donors (Lipinski definition) is 1. The molecule has 0 spiro atoms. The summed E-state index contributed by atoms with van der Waals surface area (Å²) in [6.45, 7) is 6.67. The summed E-state index contributed by atoms with van der Waals surface area (Å²) >= 11 is 0. The van der Waals surface area contributed by atoms with Gasteiger partial charge in [-0.2, -0.15) is 0 Å². The topological polar surface area (TPSA) is 12.0 Å². The van der Waals surface area contributed by atoms with Crippen molar-refractivity contribution < 1.29 is 0 Å². The standard InChI is InChI=1S/C19H25N/c1-4-16-11-13-18(14-12-16)19(5-2)20-15(3)17-9-7-6-8-10-17/h6-15,19-20H,4-5H2,1-3H3/t15-,19?/m1/s1. The predicted molar refractivity (Wildman–Crippen MR) is 86.8 cm³/mol. The van der Waals surface area contributed by atoms with Gasteiger partial charge in [-0.1, -0.05) is 68.4 Å². The van der Waals surface area contributed by atoms with Crippen molar-refractivity contribution in [3.8, 4) is 0 Å². The fourth-order valence-electron chi connectivity index (χ4n) is 2.58. The minimum atomic E-state index is 0.368. The molecule has 0 saturated carbocycles. The molecular formula is C19H25N. The molecule has 2 atom stereocenters. The van der Waals surface area contributed by atoms with E-state index in [-0.39, 0.29) is 0 Å². The first-order chi connectivity index (χ1) is 9.74. The van der Waals surface area contributed by atoms with E-state index in [4.69, 9.17) is 0 Å². The molecule has 1 nitrogen and oxygen atoms in total. The average Bonchev–Trinajstić information content (AvgIpc) is 2.53. The van der Waals surface area contributed by atoms with E-state index in [2.05, 4.69) is 80.7 Å². The van der Waals surface area contributed by atoms with Crippen LogP contribution in [0.25, 0.3) is 0 Å². The summed E-state index contributed by atoms with van der Waals surface area (Å²) < 4.78 is 0. The van der Waals surface area contributed by atoms with Crippen LogP contribution in [0.15, 0.2) is 54.6 Å². The van der Waals surface area contributed by atoms with Crippen molar-refractivity contribution in [3.05, 3.63) is 71.3 Å². The van der Waals surface area contributed by atoms with E-state index in [1.807, 2.05) is 0 Å². The van der Waals surface area contributed by atoms with Crippen molar-refractivity contribution in [1.29, 1.82) is 0 Å². The molecule has 1 unspecified atom stereocenters. The Morgan fingerprint density at radius 2 is 1.50 bits per heavy atom. The van der Waals surface area contributed by atoms with E-state index < -0.39 is 0 Å². The lowest BCUT2D eigenvalue weighted by Crippen LogP contribution is -2.24. The maximum Gasteiger partial charge on any atom is 0.0323 e. The normalized spacial score (nSPS) is 13.9. The van der Waals surface area contributed by atoms with Gasteiger partial charge < -0.3 is 5.32 Å². The summed E-state index contributed by atoms with van der Waals surface area (Å²) in [6, 6.07) is 20.4. The average molecular weight is 267 g/mol. The van der Waals surface area contributed by atoms with Crippen molar-refractivity contribution >= 4 is 0 Å². The van der Waals surface area contributed by atoms with Crippen LogP contribution in [0.2, 0.25) is 0 Å². The second-order valence-electron chi connectivity index (χ2n) is 5.36. The summed E-state index contributed by atoms with van der Waals surface area (Å²) in [5.74, 6) is 0. The second-order valence-corrected chi connectivity index (χ2v) is 5.36. The molecule has 20 heavy (non-hydrogen) atoms. The predicted octanol–water partition coefficient (Wildman–Crippen LogP) is 5.05. The summed E-state index contributed by atoms with van der Waals surface area (Å²) in [4.78, 5) is 0. The van der Waals surface area contributed by atoms with Crippen molar-refractivity contribution in [1.82, 2.24) is 5.32 Å². The van der Waals surface area contributed by atoms with Gasteiger partial charge in [-0.15, -0.1) is 0 Å². The van der Waals surface area contributed by atoms with E-state index in [0.29, 0.717) is 12.1 Å². The van der Waals surface area contributed by atoms with Crippen LogP contribution in [0.3, 0.4) is 0 Å². The summed E-state index contributed by atoms with van der Waals surface area (Å²) in [5, 5.41) is 3.74. The van der Waals surface area contributed by atoms with E-state index in [0.717, 1.165) is 12.8 Å². The van der Waals surface area contributed by atoms with Crippen molar-refractivity contribution in [2.24, 2.45) is 0 Å². The highest BCUT2D eigenvalue weighted by molar-refractivity contribution is 5.26. The Kier molecular flexibility index (Phi) is 5.37. The Balaban J connectivity index is 2.08. The molecule has 0 aromatic heterocycles. The van der Waals surface area contributed by atoms with Gasteiger partial charge in [0.05, 0.1) is 0 Å². The molecule has 1 heteroatoms. The van der Waals surface area contributed by atoms with Gasteiger partial charge in [-0.3, -0.25) is 0 Å². The van der Waals surface area contributed by atoms with Crippen LogP contribution >= 0.6 is 0 Å². The molecule has 106 valence electrons. The zero-order valence-electron chi connectivity index (χ0n) is 12.8. The third kappa shape index (κ3) is 3.71. The van der Waals surface area contributed by atoms with E-state index in [9.17, 15) is 0 Å². The molecule has 2 rings (SSSR count). The Morgan fingerprint density at radius 1 is 0.850 bits per heavy atom. The van der Waals surface area contributed by atoms with Crippen LogP contribution in [-0.4, -0.2) is 0 Å². The van der Waals surface area contributed by atoms with Crippen LogP contribution < -0.4 is 5.32 Å². The van der Waals surface area contributed by atoms with Gasteiger partial charge in [0.25, 0.3) is 0 Å². The first kappa shape index (κ1) is 14.8. The monoisotopic (exact) mass is 267 g/mol. The zero-order chi connectivity index (χ0) is 14.4. The number of aryl methyl sites for hydroxylation is 1. The lowest BCUT2D eigenvalue weighted by molar-refractivity contribution is 0.456. The van der Waals surface area contributed by atoms with E-state index >= 15 is 0 Å². The molecule has 0 radical (unpaired) electrons. The first-order valence-electron chi connectivity index (χ1n) is 7.64. The fraction of sp³-hybridized carbons (Fsp3) is 0.368. The summed E-state index contributed by atoms with van der Waals surface area (Å²) in [7, 11) is 0. The van der Waals surface area contributed by atoms with Crippen LogP contribution in [0.5, 0.6) is 0 Å². The van der Waals surface area contributed by atoms with Gasteiger partial charge in [-0.05, 0) is 36.5 Å². The molecule has 0 heterocycles. The van der Waals surface area contributed by atoms with E-state index in [1.165, 1.54) is 16.7 Å². The lowest BCUT2D eigenvalue weighted by Gasteiger charge is -2.23. The second kappa shape index (κ2) is 7.25. The molecule has 0 aliphatic rings. The quantitative estimate of drug-likeness (QED) is 0.772. The molecule has 0 saturated heterocycles. The number of hydrogen-bond acceptors (Lipinski definition) is 1. The van der Waals surface area contributed by atoms with Gasteiger partial charge in [0, 0.05) is 12.1 Å². The highest BCUT2D eigenvalue weighted by Crippen LogP contribution is 2.22. The third-order valence-corrected chi connectivity index (χ3v) is 3.95. The molecule has 0 bridgehead atoms. The van der Waals surface area contributed by atoms with Crippen LogP contribution in [0.1, 0.15) is 56.0 Å².